The van der Waals surface area contributed by atoms with E-state index < -0.39 is 47.6 Å². The number of rotatable bonds is 17. The van der Waals surface area contributed by atoms with E-state index in [2.05, 4.69) is 21.3 Å². The predicted octanol–water partition coefficient (Wildman–Crippen LogP) is 6.26. The molecular formula is C41H53N5O8. The summed E-state index contributed by atoms with van der Waals surface area (Å²) in [5.74, 6) is -2.20. The first-order valence-electron chi connectivity index (χ1n) is 18.0. The van der Waals surface area contributed by atoms with Crippen molar-refractivity contribution in [3.05, 3.63) is 90.0 Å². The van der Waals surface area contributed by atoms with Crippen molar-refractivity contribution in [2.45, 2.75) is 97.9 Å². The third kappa shape index (κ3) is 15.5. The van der Waals surface area contributed by atoms with Gasteiger partial charge < -0.3 is 36.5 Å². The number of carbonyl (C=O) groups excluding carboxylic acids is 6. The zero-order valence-corrected chi connectivity index (χ0v) is 32.0. The van der Waals surface area contributed by atoms with E-state index in [-0.39, 0.29) is 42.6 Å². The fourth-order valence-electron chi connectivity index (χ4n) is 5.41. The number of amides is 5. The van der Waals surface area contributed by atoms with E-state index in [1.807, 2.05) is 57.2 Å². The predicted molar refractivity (Wildman–Crippen MR) is 206 cm³/mol. The number of benzene rings is 3. The van der Waals surface area contributed by atoms with E-state index in [1.54, 1.807) is 51.1 Å². The van der Waals surface area contributed by atoms with Crippen molar-refractivity contribution >= 4 is 41.4 Å². The van der Waals surface area contributed by atoms with Crippen LogP contribution in [-0.4, -0.2) is 59.9 Å². The Bertz CT molecular complexity index is 1750. The molecule has 290 valence electrons. The number of nitrogens with two attached hydrogens (primary N) is 1. The van der Waals surface area contributed by atoms with E-state index >= 15 is 0 Å². The van der Waals surface area contributed by atoms with Crippen molar-refractivity contribution in [2.75, 3.05) is 11.9 Å². The molecule has 13 heteroatoms. The Hall–Kier alpha value is -5.72. The topological polar surface area (TPSA) is 195 Å². The van der Waals surface area contributed by atoms with Gasteiger partial charge >= 0.3 is 12.2 Å². The van der Waals surface area contributed by atoms with Crippen LogP contribution in [0.3, 0.4) is 0 Å². The lowest BCUT2D eigenvalue weighted by atomic mass is 9.88. The van der Waals surface area contributed by atoms with Crippen LogP contribution in [0.25, 0.3) is 11.1 Å². The van der Waals surface area contributed by atoms with Crippen LogP contribution >= 0.6 is 0 Å². The second-order valence-electron chi connectivity index (χ2n) is 15.2. The van der Waals surface area contributed by atoms with E-state index in [4.69, 9.17) is 15.2 Å². The maximum absolute atomic E-state index is 13.7. The Labute approximate surface area is 317 Å². The number of unbranched alkanes of at least 4 members (excludes halogenated alkanes) is 1. The van der Waals surface area contributed by atoms with Crippen LogP contribution in [0.1, 0.15) is 89.6 Å². The van der Waals surface area contributed by atoms with E-state index in [1.165, 1.54) is 12.1 Å². The van der Waals surface area contributed by atoms with Crippen LogP contribution in [-0.2, 0) is 30.5 Å². The molecule has 2 atom stereocenters. The van der Waals surface area contributed by atoms with Gasteiger partial charge in [0.15, 0.2) is 0 Å². The lowest BCUT2D eigenvalue weighted by Crippen LogP contribution is -2.46. The standard InChI is InChI=1S/C41H53N5O8/c1-40(2,3)25-30(47)24-34(35(42)48)45-36(49)31-21-20-29(23-32(31)28-17-11-8-12-18-28)44-37(50)33(46-39(52)54-41(4,5)6)19-13-14-22-43-38(51)53-26-27-15-9-7-10-16-27/h7-12,15-18,20-21,23,33-34H,13-14,19,22,24-26H2,1-6H3,(H2,42,48)(H,43,51)(H,44,50)(H,45,49)(H,46,52)/t33-,34-/m0/s1. The highest BCUT2D eigenvalue weighted by molar-refractivity contribution is 6.05. The summed E-state index contributed by atoms with van der Waals surface area (Å²) in [6.07, 6.45) is -0.191. The molecule has 3 aromatic rings. The third-order valence-electron chi connectivity index (χ3n) is 7.83. The van der Waals surface area contributed by atoms with Gasteiger partial charge in [-0.1, -0.05) is 81.4 Å². The van der Waals surface area contributed by atoms with Gasteiger partial charge in [-0.05, 0) is 80.3 Å². The average Bonchev–Trinajstić information content (AvgIpc) is 3.08. The summed E-state index contributed by atoms with van der Waals surface area (Å²) in [7, 11) is 0. The monoisotopic (exact) mass is 743 g/mol. The molecule has 0 spiro atoms. The molecule has 3 rings (SSSR count). The van der Waals surface area contributed by atoms with Gasteiger partial charge in [-0.15, -0.1) is 0 Å². The number of Topliss-reactive ketones (excluding diaryl/α,β-unsaturated/α-hetero) is 1. The Kier molecular flexibility index (Phi) is 15.8. The molecule has 0 aliphatic carbocycles. The van der Waals surface area contributed by atoms with Crippen LogP contribution in [0.4, 0.5) is 15.3 Å². The number of hydrogen-bond donors (Lipinski definition) is 5. The summed E-state index contributed by atoms with van der Waals surface area (Å²) in [5, 5.41) is 10.8. The normalized spacial score (nSPS) is 12.4. The molecule has 0 bridgehead atoms. The van der Waals surface area contributed by atoms with Crippen LogP contribution in [0, 0.1) is 5.41 Å². The molecule has 0 aliphatic heterocycles. The Balaban J connectivity index is 1.74. The van der Waals surface area contributed by atoms with Crippen LogP contribution < -0.4 is 27.0 Å². The van der Waals surface area contributed by atoms with Crippen LogP contribution in [0.15, 0.2) is 78.9 Å². The highest BCUT2D eigenvalue weighted by Gasteiger charge is 2.27. The Morgan fingerprint density at radius 2 is 1.41 bits per heavy atom. The minimum Gasteiger partial charge on any atom is -0.445 e. The summed E-state index contributed by atoms with van der Waals surface area (Å²) < 4.78 is 10.6. The van der Waals surface area contributed by atoms with E-state index in [0.717, 1.165) is 5.56 Å². The average molecular weight is 744 g/mol. The lowest BCUT2D eigenvalue weighted by Gasteiger charge is -2.23. The molecule has 3 aromatic carbocycles. The van der Waals surface area contributed by atoms with Gasteiger partial charge in [-0.2, -0.15) is 0 Å². The molecule has 0 fully saturated rings. The lowest BCUT2D eigenvalue weighted by molar-refractivity contribution is -0.126. The first kappa shape index (κ1) is 42.7. The maximum atomic E-state index is 13.7. The van der Waals surface area contributed by atoms with Crippen molar-refractivity contribution in [1.29, 1.82) is 0 Å². The minimum atomic E-state index is -1.22. The quantitative estimate of drug-likeness (QED) is 0.0999. The number of anilines is 1. The first-order chi connectivity index (χ1) is 25.4. The summed E-state index contributed by atoms with van der Waals surface area (Å²) in [6, 6.07) is 20.7. The summed E-state index contributed by atoms with van der Waals surface area (Å²) >= 11 is 0. The number of primary amides is 1. The Morgan fingerprint density at radius 3 is 2.02 bits per heavy atom. The molecule has 0 heterocycles. The zero-order valence-electron chi connectivity index (χ0n) is 32.0. The van der Waals surface area contributed by atoms with Gasteiger partial charge in [0.05, 0.1) is 0 Å². The van der Waals surface area contributed by atoms with Crippen LogP contribution in [0.5, 0.6) is 0 Å². The first-order valence-corrected chi connectivity index (χ1v) is 18.0. The van der Waals surface area contributed by atoms with Gasteiger partial charge in [0.1, 0.15) is 30.1 Å². The zero-order chi connectivity index (χ0) is 39.9. The fraction of sp³-hybridized carbons (Fsp3) is 0.415. The third-order valence-corrected chi connectivity index (χ3v) is 7.83. The van der Waals surface area contributed by atoms with Crippen molar-refractivity contribution in [3.8, 4) is 11.1 Å². The number of hydrogen-bond acceptors (Lipinski definition) is 8. The molecule has 13 nitrogen and oxygen atoms in total. The molecule has 0 aliphatic rings. The van der Waals surface area contributed by atoms with Crippen molar-refractivity contribution in [3.63, 3.8) is 0 Å². The van der Waals surface area contributed by atoms with E-state index in [9.17, 15) is 28.8 Å². The van der Waals surface area contributed by atoms with Gasteiger partial charge in [0.2, 0.25) is 11.8 Å². The molecule has 0 radical (unpaired) electrons. The number of nitrogens with one attached hydrogen (secondary N) is 4. The molecule has 0 unspecified atom stereocenters. The molecule has 0 saturated heterocycles. The minimum absolute atomic E-state index is 0.138. The molecular weight excluding hydrogens is 690 g/mol. The molecule has 6 N–H and O–H groups in total. The number of ketones is 1. The molecule has 0 aromatic heterocycles. The second-order valence-corrected chi connectivity index (χ2v) is 15.2. The van der Waals surface area contributed by atoms with Gasteiger partial charge in [0.25, 0.3) is 5.91 Å². The smallest absolute Gasteiger partial charge is 0.408 e. The largest absolute Gasteiger partial charge is 0.445 e. The summed E-state index contributed by atoms with van der Waals surface area (Å²) in [4.78, 5) is 77.1. The highest BCUT2D eigenvalue weighted by Crippen LogP contribution is 2.28. The molecule has 54 heavy (non-hydrogen) atoms. The Morgan fingerprint density at radius 1 is 0.759 bits per heavy atom. The second kappa shape index (κ2) is 19.9. The van der Waals surface area contributed by atoms with Crippen molar-refractivity contribution in [2.24, 2.45) is 11.1 Å². The van der Waals surface area contributed by atoms with E-state index in [0.29, 0.717) is 36.2 Å². The number of ether oxygens (including phenoxy) is 2. The molecule has 5 amide bonds. The fourth-order valence-corrected chi connectivity index (χ4v) is 5.41. The SMILES string of the molecule is CC(C)(C)CC(=O)C[C@H](NC(=O)c1ccc(NC(=O)[C@H](CCCCNC(=O)OCc2ccccc2)NC(=O)OC(C)(C)C)cc1-c1ccccc1)C(N)=O. The van der Waals surface area contributed by atoms with Crippen LogP contribution in [0.2, 0.25) is 0 Å². The number of carbonyl (C=O) groups is 6. The van der Waals surface area contributed by atoms with Gasteiger partial charge in [-0.25, -0.2) is 9.59 Å². The molecule has 0 saturated carbocycles. The highest BCUT2D eigenvalue weighted by atomic mass is 16.6. The maximum Gasteiger partial charge on any atom is 0.408 e. The number of alkyl carbamates (subject to hydrolysis) is 2. The van der Waals surface area contributed by atoms with Gasteiger partial charge in [-0.3, -0.25) is 19.2 Å². The summed E-state index contributed by atoms with van der Waals surface area (Å²) in [6.45, 7) is 11.3. The van der Waals surface area contributed by atoms with Crippen molar-refractivity contribution < 1.29 is 38.2 Å². The van der Waals surface area contributed by atoms with Gasteiger partial charge in [0, 0.05) is 30.6 Å². The summed E-state index contributed by atoms with van der Waals surface area (Å²) in [5.41, 5.74) is 6.95. The van der Waals surface area contributed by atoms with Crippen molar-refractivity contribution in [1.82, 2.24) is 16.0 Å².